The van der Waals surface area contributed by atoms with Crippen LogP contribution < -0.4 is 14.8 Å². The molecule has 0 radical (unpaired) electrons. The lowest BCUT2D eigenvalue weighted by Gasteiger charge is -2.50. The van der Waals surface area contributed by atoms with Crippen LogP contribution in [-0.4, -0.2) is 92.0 Å². The molecule has 4 fully saturated rings. The second-order valence-corrected chi connectivity index (χ2v) is 9.62. The summed E-state index contributed by atoms with van der Waals surface area (Å²) in [4.78, 5) is 26.5. The molecule has 0 aliphatic carbocycles. The molecular weight excluding hydrogens is 446 g/mol. The lowest BCUT2D eigenvalue weighted by molar-refractivity contribution is 0.0274. The summed E-state index contributed by atoms with van der Waals surface area (Å²) in [7, 11) is 3.28. The average Bonchev–Trinajstić information content (AvgIpc) is 2.91. The summed E-state index contributed by atoms with van der Waals surface area (Å²) in [5, 5.41) is 3.16. The van der Waals surface area contributed by atoms with Crippen molar-refractivity contribution in [2.24, 2.45) is 5.92 Å². The molecule has 0 spiro atoms. The molecule has 5 heterocycles. The number of aryl methyl sites for hydroxylation is 1. The lowest BCUT2D eigenvalue weighted by Crippen LogP contribution is -2.57. The predicted molar refractivity (Wildman–Crippen MR) is 132 cm³/mol. The van der Waals surface area contributed by atoms with Crippen LogP contribution in [0.15, 0.2) is 24.3 Å². The maximum Gasteiger partial charge on any atom is 0.317 e. The van der Waals surface area contributed by atoms with Gasteiger partial charge >= 0.3 is 6.03 Å². The number of aromatic nitrogens is 2. The molecule has 4 aliphatic heterocycles. The van der Waals surface area contributed by atoms with E-state index in [0.717, 1.165) is 48.7 Å². The normalized spacial score (nSPS) is 25.9. The first-order valence-electron chi connectivity index (χ1n) is 12.5. The van der Waals surface area contributed by atoms with Crippen molar-refractivity contribution < 1.29 is 19.0 Å². The minimum Gasteiger partial charge on any atom is -0.493 e. The molecule has 1 aromatic carbocycles. The largest absolute Gasteiger partial charge is 0.493 e. The Morgan fingerprint density at radius 1 is 1.11 bits per heavy atom. The first-order chi connectivity index (χ1) is 17.1. The highest BCUT2D eigenvalue weighted by Gasteiger charge is 2.41. The van der Waals surface area contributed by atoms with Crippen molar-refractivity contribution in [1.82, 2.24) is 25.1 Å². The van der Waals surface area contributed by atoms with Gasteiger partial charge in [-0.15, -0.1) is 0 Å². The molecule has 35 heavy (non-hydrogen) atoms. The zero-order valence-corrected chi connectivity index (χ0v) is 20.8. The fourth-order valence-electron chi connectivity index (χ4n) is 5.69. The minimum absolute atomic E-state index is 0.0264. The quantitative estimate of drug-likeness (QED) is 0.679. The number of fused-ring (bicyclic) bond motifs is 3. The number of rotatable bonds is 6. The van der Waals surface area contributed by atoms with E-state index >= 15 is 0 Å². The van der Waals surface area contributed by atoms with Crippen LogP contribution in [-0.2, 0) is 4.74 Å². The second kappa shape index (κ2) is 10.4. The molecule has 188 valence electrons. The number of amides is 2. The Hall–Kier alpha value is -2.91. The molecule has 1 aromatic heterocycles. The van der Waals surface area contributed by atoms with Crippen molar-refractivity contribution >= 4 is 6.03 Å². The van der Waals surface area contributed by atoms with Gasteiger partial charge in [0.25, 0.3) is 0 Å². The van der Waals surface area contributed by atoms with Gasteiger partial charge in [0, 0.05) is 49.4 Å². The van der Waals surface area contributed by atoms with Crippen molar-refractivity contribution in [2.45, 2.75) is 31.7 Å². The molecule has 1 N–H and O–H groups in total. The molecule has 0 saturated carbocycles. The maximum absolute atomic E-state index is 12.5. The van der Waals surface area contributed by atoms with Gasteiger partial charge in [0.05, 0.1) is 33.1 Å². The van der Waals surface area contributed by atoms with Crippen LogP contribution in [0, 0.1) is 12.8 Å². The van der Waals surface area contributed by atoms with Crippen LogP contribution in [0.1, 0.15) is 30.3 Å². The van der Waals surface area contributed by atoms with Crippen molar-refractivity contribution in [2.75, 3.05) is 60.2 Å². The number of ether oxygens (including phenoxy) is 3. The first-order valence-corrected chi connectivity index (χ1v) is 12.5. The highest BCUT2D eigenvalue weighted by molar-refractivity contribution is 5.74. The van der Waals surface area contributed by atoms with Crippen molar-refractivity contribution in [3.8, 4) is 22.8 Å². The van der Waals surface area contributed by atoms with Crippen LogP contribution in [0.25, 0.3) is 11.3 Å². The SMILES string of the molecule is COc1ccc(-c2cc([C@@H]3CN4CC[C@H]3C[C@@H]4CNC(=O)N3CCOCC3)nc(C)n2)cc1OC. The zero-order valence-electron chi connectivity index (χ0n) is 20.8. The Bertz CT molecular complexity index is 1060. The molecular formula is C26H35N5O4. The van der Waals surface area contributed by atoms with Gasteiger partial charge in [0.2, 0.25) is 0 Å². The van der Waals surface area contributed by atoms with E-state index in [1.54, 1.807) is 14.2 Å². The molecule has 2 bridgehead atoms. The monoisotopic (exact) mass is 481 g/mol. The Morgan fingerprint density at radius 3 is 2.63 bits per heavy atom. The molecule has 4 saturated heterocycles. The fourth-order valence-corrected chi connectivity index (χ4v) is 5.69. The number of carbonyl (C=O) groups is 1. The Kier molecular flexibility index (Phi) is 7.06. The Labute approximate surface area is 206 Å². The summed E-state index contributed by atoms with van der Waals surface area (Å²) in [6.07, 6.45) is 2.23. The number of methoxy groups -OCH3 is 2. The third-order valence-corrected chi connectivity index (χ3v) is 7.58. The summed E-state index contributed by atoms with van der Waals surface area (Å²) in [6, 6.07) is 8.43. The van der Waals surface area contributed by atoms with Crippen LogP contribution in [0.4, 0.5) is 4.79 Å². The first kappa shape index (κ1) is 23.8. The summed E-state index contributed by atoms with van der Waals surface area (Å²) >= 11 is 0. The fraction of sp³-hybridized carbons (Fsp3) is 0.577. The second-order valence-electron chi connectivity index (χ2n) is 9.62. The Morgan fingerprint density at radius 2 is 1.91 bits per heavy atom. The maximum atomic E-state index is 12.5. The number of nitrogens with zero attached hydrogens (tertiary/aromatic N) is 4. The lowest BCUT2D eigenvalue weighted by atomic mass is 9.74. The average molecular weight is 482 g/mol. The van der Waals surface area contributed by atoms with E-state index in [1.807, 2.05) is 30.0 Å². The number of nitrogens with one attached hydrogen (secondary N) is 1. The number of piperidine rings is 3. The van der Waals surface area contributed by atoms with Crippen LogP contribution in [0.3, 0.4) is 0 Å². The van der Waals surface area contributed by atoms with Gasteiger partial charge in [0.1, 0.15) is 5.82 Å². The number of benzene rings is 1. The van der Waals surface area contributed by atoms with Gasteiger partial charge in [-0.25, -0.2) is 14.8 Å². The molecule has 4 aliphatic rings. The van der Waals surface area contributed by atoms with E-state index in [9.17, 15) is 4.79 Å². The van der Waals surface area contributed by atoms with E-state index in [-0.39, 0.29) is 6.03 Å². The van der Waals surface area contributed by atoms with Gasteiger partial charge in [0.15, 0.2) is 11.5 Å². The van der Waals surface area contributed by atoms with E-state index < -0.39 is 0 Å². The summed E-state index contributed by atoms with van der Waals surface area (Å²) in [6.45, 7) is 7.27. The summed E-state index contributed by atoms with van der Waals surface area (Å²) in [5.41, 5.74) is 2.99. The number of carbonyl (C=O) groups excluding carboxylic acids is 1. The standard InChI is InChI=1S/C26H35N5O4/c1-17-28-22(19-4-5-24(33-2)25(13-19)34-3)14-23(29-17)21-16-31-7-6-18(21)12-20(31)15-27-26(32)30-8-10-35-11-9-30/h4-5,13-14,18,20-21H,6-12,15-16H2,1-3H3,(H,27,32)/t18-,20+,21+/m0/s1. The highest BCUT2D eigenvalue weighted by atomic mass is 16.5. The van der Waals surface area contributed by atoms with Gasteiger partial charge in [-0.2, -0.15) is 0 Å². The third-order valence-electron chi connectivity index (χ3n) is 7.58. The smallest absolute Gasteiger partial charge is 0.317 e. The van der Waals surface area contributed by atoms with Gasteiger partial charge in [-0.05, 0) is 56.5 Å². The molecule has 9 nitrogen and oxygen atoms in total. The van der Waals surface area contributed by atoms with E-state index in [1.165, 1.54) is 0 Å². The molecule has 2 amide bonds. The number of morpholine rings is 1. The van der Waals surface area contributed by atoms with Crippen LogP contribution in [0.2, 0.25) is 0 Å². The number of urea groups is 1. The molecule has 6 rings (SSSR count). The molecule has 4 atom stereocenters. The van der Waals surface area contributed by atoms with Crippen molar-refractivity contribution in [1.29, 1.82) is 0 Å². The molecule has 9 heteroatoms. The van der Waals surface area contributed by atoms with E-state index in [4.69, 9.17) is 24.2 Å². The van der Waals surface area contributed by atoms with Crippen LogP contribution >= 0.6 is 0 Å². The number of hydrogen-bond donors (Lipinski definition) is 1. The van der Waals surface area contributed by atoms with Crippen molar-refractivity contribution in [3.05, 3.63) is 35.8 Å². The van der Waals surface area contributed by atoms with Crippen molar-refractivity contribution in [3.63, 3.8) is 0 Å². The summed E-state index contributed by atoms with van der Waals surface area (Å²) < 4.78 is 16.2. The van der Waals surface area contributed by atoms with Gasteiger partial charge < -0.3 is 24.4 Å². The van der Waals surface area contributed by atoms with Gasteiger partial charge in [-0.3, -0.25) is 4.90 Å². The van der Waals surface area contributed by atoms with Gasteiger partial charge in [-0.1, -0.05) is 0 Å². The minimum atomic E-state index is 0.0264. The summed E-state index contributed by atoms with van der Waals surface area (Å²) in [5.74, 6) is 3.09. The topological polar surface area (TPSA) is 89.1 Å². The predicted octanol–water partition coefficient (Wildman–Crippen LogP) is 2.69. The number of hydrogen-bond acceptors (Lipinski definition) is 7. The highest BCUT2D eigenvalue weighted by Crippen LogP contribution is 2.42. The molecule has 1 unspecified atom stereocenters. The van der Waals surface area contributed by atoms with E-state index in [0.29, 0.717) is 62.2 Å². The molecule has 2 aromatic rings. The van der Waals surface area contributed by atoms with E-state index in [2.05, 4.69) is 16.3 Å². The third kappa shape index (κ3) is 5.06. The van der Waals surface area contributed by atoms with Crippen LogP contribution in [0.5, 0.6) is 11.5 Å². The Balaban J connectivity index is 1.28. The zero-order chi connectivity index (χ0) is 24.4.